The zero-order valence-electron chi connectivity index (χ0n) is 17.0. The predicted molar refractivity (Wildman–Crippen MR) is 118 cm³/mol. The third-order valence-corrected chi connectivity index (χ3v) is 5.29. The van der Waals surface area contributed by atoms with Gasteiger partial charge < -0.3 is 14.2 Å². The molecule has 0 saturated heterocycles. The first-order valence-corrected chi connectivity index (χ1v) is 9.94. The molecule has 31 heavy (non-hydrogen) atoms. The SMILES string of the molecule is COc1cc2c(cc1OC)C(=O)/C(=C/c1ccc(OC(=O)c3ccc(Cl)cc3)cc1)C2. The lowest BCUT2D eigenvalue weighted by Crippen LogP contribution is -2.08. The minimum absolute atomic E-state index is 0.0332. The van der Waals surface area contributed by atoms with Crippen molar-refractivity contribution >= 4 is 29.4 Å². The summed E-state index contributed by atoms with van der Waals surface area (Å²) in [6, 6.07) is 17.0. The molecule has 0 fully saturated rings. The molecule has 0 aliphatic heterocycles. The van der Waals surface area contributed by atoms with Gasteiger partial charge in [0.25, 0.3) is 0 Å². The first-order valence-electron chi connectivity index (χ1n) is 9.56. The van der Waals surface area contributed by atoms with E-state index in [0.29, 0.717) is 45.4 Å². The zero-order chi connectivity index (χ0) is 22.0. The van der Waals surface area contributed by atoms with Gasteiger partial charge in [-0.2, -0.15) is 0 Å². The van der Waals surface area contributed by atoms with E-state index in [2.05, 4.69) is 0 Å². The summed E-state index contributed by atoms with van der Waals surface area (Å²) in [6.45, 7) is 0. The van der Waals surface area contributed by atoms with Crippen LogP contribution in [0.5, 0.6) is 17.2 Å². The maximum absolute atomic E-state index is 12.8. The number of fused-ring (bicyclic) bond motifs is 1. The van der Waals surface area contributed by atoms with Gasteiger partial charge in [-0.1, -0.05) is 23.7 Å². The Labute approximate surface area is 184 Å². The van der Waals surface area contributed by atoms with E-state index < -0.39 is 5.97 Å². The smallest absolute Gasteiger partial charge is 0.343 e. The van der Waals surface area contributed by atoms with Gasteiger partial charge in [-0.05, 0) is 65.7 Å². The van der Waals surface area contributed by atoms with Gasteiger partial charge in [0.15, 0.2) is 17.3 Å². The first-order chi connectivity index (χ1) is 15.0. The van der Waals surface area contributed by atoms with Gasteiger partial charge in [0.1, 0.15) is 5.75 Å². The van der Waals surface area contributed by atoms with E-state index in [-0.39, 0.29) is 5.78 Å². The lowest BCUT2D eigenvalue weighted by atomic mass is 10.1. The molecule has 0 saturated carbocycles. The van der Waals surface area contributed by atoms with Crippen LogP contribution in [0.1, 0.15) is 31.8 Å². The van der Waals surface area contributed by atoms with Crippen LogP contribution in [0.4, 0.5) is 0 Å². The van der Waals surface area contributed by atoms with Crippen molar-refractivity contribution in [3.8, 4) is 17.2 Å². The number of carbonyl (C=O) groups is 2. The number of ketones is 1. The van der Waals surface area contributed by atoms with E-state index in [1.165, 1.54) is 0 Å². The molecule has 0 aromatic heterocycles. The highest BCUT2D eigenvalue weighted by Crippen LogP contribution is 2.37. The summed E-state index contributed by atoms with van der Waals surface area (Å²) >= 11 is 5.84. The molecule has 4 rings (SSSR count). The van der Waals surface area contributed by atoms with Crippen LogP contribution in [0.3, 0.4) is 0 Å². The summed E-state index contributed by atoms with van der Waals surface area (Å²) in [4.78, 5) is 25.0. The second kappa shape index (κ2) is 8.66. The number of benzene rings is 3. The van der Waals surface area contributed by atoms with Crippen LogP contribution in [0.2, 0.25) is 5.02 Å². The fourth-order valence-electron chi connectivity index (χ4n) is 3.44. The van der Waals surface area contributed by atoms with Gasteiger partial charge in [-0.3, -0.25) is 4.79 Å². The lowest BCUT2D eigenvalue weighted by Gasteiger charge is -2.08. The van der Waals surface area contributed by atoms with E-state index >= 15 is 0 Å². The quantitative estimate of drug-likeness (QED) is 0.305. The number of allylic oxidation sites excluding steroid dienone is 1. The Bertz CT molecular complexity index is 1180. The number of halogens is 1. The van der Waals surface area contributed by atoms with E-state index in [0.717, 1.165) is 11.1 Å². The number of ether oxygens (including phenoxy) is 3. The summed E-state index contributed by atoms with van der Waals surface area (Å²) in [7, 11) is 3.11. The molecule has 0 N–H and O–H groups in total. The Morgan fingerprint density at radius 2 is 1.58 bits per heavy atom. The number of hydrogen-bond donors (Lipinski definition) is 0. The minimum Gasteiger partial charge on any atom is -0.493 e. The van der Waals surface area contributed by atoms with Crippen LogP contribution in [-0.2, 0) is 6.42 Å². The van der Waals surface area contributed by atoms with Crippen molar-refractivity contribution in [2.75, 3.05) is 14.2 Å². The normalized spacial score (nSPS) is 13.8. The van der Waals surface area contributed by atoms with Crippen molar-refractivity contribution in [1.29, 1.82) is 0 Å². The molecule has 0 amide bonds. The second-order valence-corrected chi connectivity index (χ2v) is 7.44. The van der Waals surface area contributed by atoms with Crippen LogP contribution in [0, 0.1) is 0 Å². The molecule has 0 heterocycles. The number of carbonyl (C=O) groups excluding carboxylic acids is 2. The number of rotatable bonds is 5. The van der Waals surface area contributed by atoms with E-state index in [1.54, 1.807) is 68.8 Å². The summed E-state index contributed by atoms with van der Waals surface area (Å²) in [5, 5.41) is 0.550. The fourth-order valence-corrected chi connectivity index (χ4v) is 3.56. The molecule has 1 aliphatic carbocycles. The van der Waals surface area contributed by atoms with Crippen molar-refractivity contribution < 1.29 is 23.8 Å². The first kappa shape index (κ1) is 20.7. The van der Waals surface area contributed by atoms with Gasteiger partial charge in [0.2, 0.25) is 0 Å². The molecular weight excluding hydrogens is 416 g/mol. The van der Waals surface area contributed by atoms with Crippen molar-refractivity contribution in [2.45, 2.75) is 6.42 Å². The van der Waals surface area contributed by atoms with Crippen LogP contribution < -0.4 is 14.2 Å². The van der Waals surface area contributed by atoms with Crippen molar-refractivity contribution in [3.05, 3.63) is 93.5 Å². The molecule has 0 atom stereocenters. The third-order valence-electron chi connectivity index (χ3n) is 5.04. The average molecular weight is 435 g/mol. The second-order valence-electron chi connectivity index (χ2n) is 7.01. The summed E-state index contributed by atoms with van der Waals surface area (Å²) in [5.74, 6) is 1.05. The van der Waals surface area contributed by atoms with Crippen LogP contribution >= 0.6 is 11.6 Å². The highest BCUT2D eigenvalue weighted by atomic mass is 35.5. The van der Waals surface area contributed by atoms with Gasteiger partial charge >= 0.3 is 5.97 Å². The Balaban J connectivity index is 1.50. The van der Waals surface area contributed by atoms with Crippen molar-refractivity contribution in [1.82, 2.24) is 0 Å². The maximum atomic E-state index is 12.8. The molecule has 156 valence electrons. The molecule has 6 heteroatoms. The molecular formula is C25H19ClO5. The molecule has 0 spiro atoms. The molecule has 0 unspecified atom stereocenters. The maximum Gasteiger partial charge on any atom is 0.343 e. The number of methoxy groups -OCH3 is 2. The lowest BCUT2D eigenvalue weighted by molar-refractivity contribution is 0.0734. The summed E-state index contributed by atoms with van der Waals surface area (Å²) in [5.41, 5.74) is 3.45. The molecule has 1 aliphatic rings. The molecule has 3 aromatic rings. The molecule has 3 aromatic carbocycles. The van der Waals surface area contributed by atoms with Gasteiger partial charge in [0.05, 0.1) is 19.8 Å². The Kier molecular flexibility index (Phi) is 5.78. The molecule has 0 bridgehead atoms. The minimum atomic E-state index is -0.466. The largest absolute Gasteiger partial charge is 0.493 e. The van der Waals surface area contributed by atoms with Crippen LogP contribution in [0.25, 0.3) is 6.08 Å². The zero-order valence-corrected chi connectivity index (χ0v) is 17.7. The van der Waals surface area contributed by atoms with Crippen molar-refractivity contribution in [2.24, 2.45) is 0 Å². The Hall–Kier alpha value is -3.57. The highest BCUT2D eigenvalue weighted by molar-refractivity contribution is 6.30. The highest BCUT2D eigenvalue weighted by Gasteiger charge is 2.27. The average Bonchev–Trinajstić information content (AvgIpc) is 3.08. The van der Waals surface area contributed by atoms with E-state index in [4.69, 9.17) is 25.8 Å². The number of hydrogen-bond acceptors (Lipinski definition) is 5. The van der Waals surface area contributed by atoms with Gasteiger partial charge in [-0.15, -0.1) is 0 Å². The van der Waals surface area contributed by atoms with Gasteiger partial charge in [0, 0.05) is 22.6 Å². The van der Waals surface area contributed by atoms with Crippen LogP contribution in [-0.4, -0.2) is 26.0 Å². The summed E-state index contributed by atoms with van der Waals surface area (Å²) < 4.78 is 16.0. The molecule has 5 nitrogen and oxygen atoms in total. The fraction of sp³-hybridized carbons (Fsp3) is 0.120. The topological polar surface area (TPSA) is 61.8 Å². The van der Waals surface area contributed by atoms with E-state index in [9.17, 15) is 9.59 Å². The standard InChI is InChI=1S/C25H19ClO5/c1-29-22-13-17-12-18(24(27)21(17)14-23(22)30-2)11-15-3-9-20(10-4-15)31-25(28)16-5-7-19(26)8-6-16/h3-11,13-14H,12H2,1-2H3/b18-11+. The van der Waals surface area contributed by atoms with Crippen LogP contribution in [0.15, 0.2) is 66.2 Å². The Morgan fingerprint density at radius 1 is 0.935 bits per heavy atom. The number of Topliss-reactive ketones (excluding diaryl/α,β-unsaturated/α-hetero) is 1. The third kappa shape index (κ3) is 4.32. The Morgan fingerprint density at radius 3 is 2.23 bits per heavy atom. The summed E-state index contributed by atoms with van der Waals surface area (Å²) in [6.07, 6.45) is 2.36. The monoisotopic (exact) mass is 434 g/mol. The van der Waals surface area contributed by atoms with Gasteiger partial charge in [-0.25, -0.2) is 4.79 Å². The van der Waals surface area contributed by atoms with E-state index in [1.807, 2.05) is 12.1 Å². The predicted octanol–water partition coefficient (Wildman–Crippen LogP) is 5.40. The van der Waals surface area contributed by atoms with Crippen molar-refractivity contribution in [3.63, 3.8) is 0 Å². The molecule has 0 radical (unpaired) electrons. The number of esters is 1.